The third kappa shape index (κ3) is 2.27. The number of carbonyl (C=O) groups excluding carboxylic acids is 2. The molecule has 4 rings (SSSR count). The summed E-state index contributed by atoms with van der Waals surface area (Å²) in [5.74, 6) is -1.72. The summed E-state index contributed by atoms with van der Waals surface area (Å²) < 4.78 is 0. The summed E-state index contributed by atoms with van der Waals surface area (Å²) in [7, 11) is 0. The van der Waals surface area contributed by atoms with Crippen molar-refractivity contribution in [1.29, 1.82) is 0 Å². The van der Waals surface area contributed by atoms with Crippen molar-refractivity contribution >= 4 is 23.1 Å². The number of Topliss-reactive ketones (excluding diaryl/α,β-unsaturated/α-hetero) is 1. The maximum atomic E-state index is 13.5. The van der Waals surface area contributed by atoms with E-state index in [1.807, 2.05) is 0 Å². The second-order valence-electron chi connectivity index (χ2n) is 6.16. The maximum absolute atomic E-state index is 13.5. The number of fused-ring (bicyclic) bond motifs is 1. The molecule has 6 heteroatoms. The van der Waals surface area contributed by atoms with Crippen LogP contribution >= 0.6 is 0 Å². The van der Waals surface area contributed by atoms with Gasteiger partial charge in [-0.1, -0.05) is 60.7 Å². The second kappa shape index (κ2) is 6.17. The van der Waals surface area contributed by atoms with E-state index in [9.17, 15) is 19.7 Å². The van der Waals surface area contributed by atoms with Gasteiger partial charge >= 0.3 is 11.4 Å². The predicted molar refractivity (Wildman–Crippen MR) is 99.5 cm³/mol. The summed E-state index contributed by atoms with van der Waals surface area (Å²) >= 11 is 0. The quantitative estimate of drug-likeness (QED) is 0.406. The number of amides is 1. The normalized spacial score (nSPS) is 18.9. The molecule has 132 valence electrons. The lowest BCUT2D eigenvalue weighted by molar-refractivity contribution is -0.541. The molecule has 27 heavy (non-hydrogen) atoms. The van der Waals surface area contributed by atoms with Crippen molar-refractivity contribution in [3.63, 3.8) is 0 Å². The standard InChI is InChI=1S/C21H14N2O4/c24-19-17-13-7-8-14-18(17)22(16-11-5-2-6-12-16)20(25)21(19,23(26)27)15-9-3-1-4-10-15/h1-14H/t21-/m0/s1. The third-order valence-electron chi connectivity index (χ3n) is 4.71. The molecular formula is C21H14N2O4. The van der Waals surface area contributed by atoms with Crippen molar-refractivity contribution < 1.29 is 14.5 Å². The summed E-state index contributed by atoms with van der Waals surface area (Å²) in [6.07, 6.45) is 0. The monoisotopic (exact) mass is 358 g/mol. The van der Waals surface area contributed by atoms with Crippen LogP contribution < -0.4 is 4.90 Å². The van der Waals surface area contributed by atoms with Crippen LogP contribution in [-0.2, 0) is 10.3 Å². The topological polar surface area (TPSA) is 80.5 Å². The molecule has 0 aliphatic carbocycles. The van der Waals surface area contributed by atoms with E-state index in [1.54, 1.807) is 66.7 Å². The molecule has 3 aromatic carbocycles. The fourth-order valence-corrected chi connectivity index (χ4v) is 3.46. The number of rotatable bonds is 3. The number of nitrogens with zero attached hydrogens (tertiary/aromatic N) is 2. The van der Waals surface area contributed by atoms with E-state index in [0.717, 1.165) is 0 Å². The van der Waals surface area contributed by atoms with E-state index in [4.69, 9.17) is 0 Å². The van der Waals surface area contributed by atoms with Crippen LogP contribution in [0.15, 0.2) is 84.9 Å². The molecule has 6 nitrogen and oxygen atoms in total. The van der Waals surface area contributed by atoms with E-state index in [1.165, 1.54) is 23.1 Å². The van der Waals surface area contributed by atoms with Gasteiger partial charge in [0.2, 0.25) is 0 Å². The molecule has 3 aromatic rings. The fourth-order valence-electron chi connectivity index (χ4n) is 3.46. The number of nitro groups is 1. The lowest BCUT2D eigenvalue weighted by Crippen LogP contribution is -2.59. The largest absolute Gasteiger partial charge is 0.385 e. The number of hydrogen-bond donors (Lipinski definition) is 0. The van der Waals surface area contributed by atoms with E-state index in [0.29, 0.717) is 11.4 Å². The number of anilines is 2. The first-order valence-corrected chi connectivity index (χ1v) is 8.32. The summed E-state index contributed by atoms with van der Waals surface area (Å²) in [4.78, 5) is 39.5. The summed E-state index contributed by atoms with van der Waals surface area (Å²) in [6.45, 7) is 0. The van der Waals surface area contributed by atoms with Crippen LogP contribution in [0.3, 0.4) is 0 Å². The molecule has 1 aliphatic heterocycles. The van der Waals surface area contributed by atoms with Gasteiger partial charge in [-0.3, -0.25) is 24.6 Å². The first-order chi connectivity index (χ1) is 13.1. The van der Waals surface area contributed by atoms with Crippen molar-refractivity contribution in [1.82, 2.24) is 0 Å². The molecule has 1 amide bonds. The van der Waals surface area contributed by atoms with E-state index in [2.05, 4.69) is 0 Å². The zero-order valence-corrected chi connectivity index (χ0v) is 14.1. The van der Waals surface area contributed by atoms with E-state index in [-0.39, 0.29) is 11.1 Å². The number of ketones is 1. The minimum atomic E-state index is -2.52. The van der Waals surface area contributed by atoms with Gasteiger partial charge in [-0.25, -0.2) is 0 Å². The van der Waals surface area contributed by atoms with Crippen molar-refractivity contribution in [3.8, 4) is 0 Å². The highest BCUT2D eigenvalue weighted by Gasteiger charge is 2.65. The highest BCUT2D eigenvalue weighted by Crippen LogP contribution is 2.43. The molecule has 0 N–H and O–H groups in total. The van der Waals surface area contributed by atoms with Crippen molar-refractivity contribution in [2.45, 2.75) is 5.54 Å². The maximum Gasteiger partial charge on any atom is 0.385 e. The summed E-state index contributed by atoms with van der Waals surface area (Å²) in [6, 6.07) is 22.8. The Morgan fingerprint density at radius 1 is 0.778 bits per heavy atom. The summed E-state index contributed by atoms with van der Waals surface area (Å²) in [5.41, 5.74) is -1.54. The molecular weight excluding hydrogens is 344 g/mol. The van der Waals surface area contributed by atoms with Crippen molar-refractivity contribution in [3.05, 3.63) is 106 Å². The van der Waals surface area contributed by atoms with Crippen molar-refractivity contribution in [2.24, 2.45) is 0 Å². The van der Waals surface area contributed by atoms with Crippen LogP contribution in [0.5, 0.6) is 0 Å². The molecule has 1 atom stereocenters. The van der Waals surface area contributed by atoms with Gasteiger partial charge in [0.15, 0.2) is 0 Å². The summed E-state index contributed by atoms with van der Waals surface area (Å²) in [5, 5.41) is 12.2. The van der Waals surface area contributed by atoms with Gasteiger partial charge in [-0.05, 0) is 24.3 Å². The van der Waals surface area contributed by atoms with Gasteiger partial charge in [0.1, 0.15) is 0 Å². The van der Waals surface area contributed by atoms with Crippen LogP contribution in [0, 0.1) is 10.1 Å². The van der Waals surface area contributed by atoms with Gasteiger partial charge in [-0.15, -0.1) is 0 Å². The molecule has 0 fully saturated rings. The average Bonchev–Trinajstić information content (AvgIpc) is 2.70. The van der Waals surface area contributed by atoms with Gasteiger partial charge in [0.25, 0.3) is 5.78 Å². The van der Waals surface area contributed by atoms with Crippen LogP contribution in [0.1, 0.15) is 15.9 Å². The Morgan fingerprint density at radius 3 is 1.96 bits per heavy atom. The molecule has 0 radical (unpaired) electrons. The third-order valence-corrected chi connectivity index (χ3v) is 4.71. The highest BCUT2D eigenvalue weighted by atomic mass is 16.6. The van der Waals surface area contributed by atoms with E-state index < -0.39 is 22.2 Å². The van der Waals surface area contributed by atoms with Crippen LogP contribution in [0.25, 0.3) is 0 Å². The Kier molecular flexibility index (Phi) is 3.81. The Bertz CT molecular complexity index is 1050. The highest BCUT2D eigenvalue weighted by molar-refractivity contribution is 6.29. The smallest absolute Gasteiger partial charge is 0.285 e. The van der Waals surface area contributed by atoms with Crippen LogP contribution in [0.2, 0.25) is 0 Å². The number of hydrogen-bond acceptors (Lipinski definition) is 4. The van der Waals surface area contributed by atoms with Gasteiger partial charge in [-0.2, -0.15) is 0 Å². The molecule has 0 aromatic heterocycles. The zero-order chi connectivity index (χ0) is 19.0. The Balaban J connectivity index is 2.07. The van der Waals surface area contributed by atoms with Crippen LogP contribution in [-0.4, -0.2) is 16.6 Å². The van der Waals surface area contributed by atoms with Gasteiger partial charge in [0, 0.05) is 16.2 Å². The minimum absolute atomic E-state index is 0.0421. The van der Waals surface area contributed by atoms with Gasteiger partial charge < -0.3 is 0 Å². The first kappa shape index (κ1) is 16.7. The molecule has 0 saturated carbocycles. The predicted octanol–water partition coefficient (Wildman–Crippen LogP) is 3.72. The molecule has 0 unspecified atom stereocenters. The number of para-hydroxylation sites is 2. The Hall–Kier alpha value is -3.80. The molecule has 0 bridgehead atoms. The Labute approximate surface area is 154 Å². The second-order valence-corrected chi connectivity index (χ2v) is 6.16. The van der Waals surface area contributed by atoms with Crippen LogP contribution in [0.4, 0.5) is 11.4 Å². The number of carbonyl (C=O) groups is 2. The molecule has 0 saturated heterocycles. The lowest BCUT2D eigenvalue weighted by atomic mass is 9.78. The average molecular weight is 358 g/mol. The Morgan fingerprint density at radius 2 is 1.33 bits per heavy atom. The fraction of sp³-hybridized carbons (Fsp3) is 0.0476. The lowest BCUT2D eigenvalue weighted by Gasteiger charge is -2.36. The zero-order valence-electron chi connectivity index (χ0n) is 14.1. The molecule has 1 aliphatic rings. The SMILES string of the molecule is O=C1c2ccccc2N(c2ccccc2)C(=O)[C@@]1(c1ccccc1)[N+](=O)[O-]. The van der Waals surface area contributed by atoms with E-state index >= 15 is 0 Å². The molecule has 1 heterocycles. The van der Waals surface area contributed by atoms with Gasteiger partial charge in [0.05, 0.1) is 11.3 Å². The first-order valence-electron chi connectivity index (χ1n) is 8.32. The number of benzene rings is 3. The van der Waals surface area contributed by atoms with Crippen molar-refractivity contribution in [2.75, 3.05) is 4.90 Å². The minimum Gasteiger partial charge on any atom is -0.285 e. The molecule has 0 spiro atoms.